The molecule has 0 radical (unpaired) electrons. The lowest BCUT2D eigenvalue weighted by atomic mass is 10.1. The molecular formula is C20H19ClN2O3S. The number of allylic oxidation sites excluding steroid dienone is 1. The van der Waals surface area contributed by atoms with E-state index in [1.807, 2.05) is 26.8 Å². The van der Waals surface area contributed by atoms with Gasteiger partial charge in [0.15, 0.2) is 11.5 Å². The maximum absolute atomic E-state index is 12.9. The van der Waals surface area contributed by atoms with Crippen molar-refractivity contribution in [1.29, 1.82) is 0 Å². The molecule has 2 aromatic heterocycles. The van der Waals surface area contributed by atoms with Crippen LogP contribution in [-0.4, -0.2) is 21.3 Å². The van der Waals surface area contributed by atoms with E-state index in [0.29, 0.717) is 24.7 Å². The molecule has 1 aromatic carbocycles. The number of hydrogen-bond donors (Lipinski definition) is 1. The molecule has 0 saturated heterocycles. The molecule has 7 heteroatoms. The van der Waals surface area contributed by atoms with Gasteiger partial charge in [-0.05, 0) is 62.1 Å². The Morgan fingerprint density at radius 3 is 2.93 bits per heavy atom. The van der Waals surface area contributed by atoms with Crippen LogP contribution in [0.5, 0.6) is 11.5 Å². The second kappa shape index (κ2) is 6.69. The summed E-state index contributed by atoms with van der Waals surface area (Å²) < 4.78 is 7.20. The maximum Gasteiger partial charge on any atom is 0.262 e. The average molecular weight is 403 g/mol. The Balaban J connectivity index is 1.85. The van der Waals surface area contributed by atoms with Gasteiger partial charge >= 0.3 is 0 Å². The standard InChI is InChI=1S/C20H19ClN2O3S/c1-4-26-15-9-12(8-14(21)17(15)24)7-13-5-6-23-18(13)22-19-16(20(23)25)10(2)11(3)27-19/h7-9,24H,4-6H2,1-3H3/b13-7+. The second-order valence-electron chi connectivity index (χ2n) is 6.56. The third kappa shape index (κ3) is 2.93. The predicted molar refractivity (Wildman–Crippen MR) is 110 cm³/mol. The molecule has 4 rings (SSSR count). The van der Waals surface area contributed by atoms with E-state index in [9.17, 15) is 9.90 Å². The fraction of sp³-hybridized carbons (Fsp3) is 0.300. The molecule has 3 aromatic rings. The molecule has 27 heavy (non-hydrogen) atoms. The van der Waals surface area contributed by atoms with Gasteiger partial charge < -0.3 is 9.84 Å². The van der Waals surface area contributed by atoms with E-state index < -0.39 is 0 Å². The monoisotopic (exact) mass is 402 g/mol. The Kier molecular flexibility index (Phi) is 4.48. The molecule has 0 atom stereocenters. The summed E-state index contributed by atoms with van der Waals surface area (Å²) in [7, 11) is 0. The van der Waals surface area contributed by atoms with E-state index >= 15 is 0 Å². The molecule has 140 valence electrons. The number of benzene rings is 1. The van der Waals surface area contributed by atoms with Gasteiger partial charge in [0.25, 0.3) is 5.56 Å². The molecule has 0 aliphatic carbocycles. The van der Waals surface area contributed by atoms with Crippen molar-refractivity contribution in [2.75, 3.05) is 6.61 Å². The number of ether oxygens (including phenoxy) is 1. The van der Waals surface area contributed by atoms with Crippen LogP contribution in [0.3, 0.4) is 0 Å². The number of hydrogen-bond acceptors (Lipinski definition) is 5. The number of aromatic hydroxyl groups is 1. The minimum Gasteiger partial charge on any atom is -0.503 e. The van der Waals surface area contributed by atoms with Gasteiger partial charge in [-0.1, -0.05) is 11.6 Å². The number of rotatable bonds is 3. The highest BCUT2D eigenvalue weighted by molar-refractivity contribution is 7.18. The van der Waals surface area contributed by atoms with Gasteiger partial charge in [-0.15, -0.1) is 11.3 Å². The van der Waals surface area contributed by atoms with Crippen LogP contribution in [-0.2, 0) is 6.54 Å². The van der Waals surface area contributed by atoms with Crippen LogP contribution >= 0.6 is 22.9 Å². The summed E-state index contributed by atoms with van der Waals surface area (Å²) in [6.07, 6.45) is 2.68. The van der Waals surface area contributed by atoms with Crippen LogP contribution in [0.15, 0.2) is 16.9 Å². The smallest absolute Gasteiger partial charge is 0.262 e. The van der Waals surface area contributed by atoms with Gasteiger partial charge in [-0.3, -0.25) is 9.36 Å². The Hall–Kier alpha value is -2.31. The summed E-state index contributed by atoms with van der Waals surface area (Å²) in [5.41, 5.74) is 2.82. The molecule has 3 heterocycles. The normalized spacial score (nSPS) is 14.9. The first-order chi connectivity index (χ1) is 12.9. The zero-order valence-electron chi connectivity index (χ0n) is 15.3. The van der Waals surface area contributed by atoms with Crippen molar-refractivity contribution in [2.45, 2.75) is 33.7 Å². The molecule has 5 nitrogen and oxygen atoms in total. The van der Waals surface area contributed by atoms with E-state index in [1.54, 1.807) is 28.0 Å². The number of fused-ring (bicyclic) bond motifs is 2. The molecule has 0 saturated carbocycles. The summed E-state index contributed by atoms with van der Waals surface area (Å²) in [4.78, 5) is 19.6. The van der Waals surface area contributed by atoms with Crippen molar-refractivity contribution < 1.29 is 9.84 Å². The number of thiophene rings is 1. The zero-order chi connectivity index (χ0) is 19.3. The molecule has 0 unspecified atom stereocenters. The van der Waals surface area contributed by atoms with Crippen LogP contribution in [0.25, 0.3) is 21.9 Å². The minimum absolute atomic E-state index is 0.0268. The Labute approximate surface area is 165 Å². The summed E-state index contributed by atoms with van der Waals surface area (Å²) in [5, 5.41) is 11.0. The van der Waals surface area contributed by atoms with Crippen LogP contribution in [0.4, 0.5) is 0 Å². The van der Waals surface area contributed by atoms with Gasteiger partial charge in [0.05, 0.1) is 17.0 Å². The van der Waals surface area contributed by atoms with E-state index in [0.717, 1.165) is 38.2 Å². The topological polar surface area (TPSA) is 64.4 Å². The van der Waals surface area contributed by atoms with Gasteiger partial charge in [-0.2, -0.15) is 0 Å². The van der Waals surface area contributed by atoms with Crippen molar-refractivity contribution in [3.8, 4) is 11.5 Å². The summed E-state index contributed by atoms with van der Waals surface area (Å²) in [6, 6.07) is 3.43. The number of halogens is 1. The van der Waals surface area contributed by atoms with Crippen molar-refractivity contribution in [3.63, 3.8) is 0 Å². The first kappa shape index (κ1) is 18.1. The lowest BCUT2D eigenvalue weighted by molar-refractivity contribution is 0.318. The minimum atomic E-state index is -0.0620. The van der Waals surface area contributed by atoms with Crippen LogP contribution in [0.2, 0.25) is 5.02 Å². The van der Waals surface area contributed by atoms with Crippen molar-refractivity contribution in [3.05, 3.63) is 49.3 Å². The SMILES string of the molecule is CCOc1cc(/C=C2\CCn3c2nc2sc(C)c(C)c2c3=O)cc(Cl)c1O. The molecular weight excluding hydrogens is 384 g/mol. The first-order valence-electron chi connectivity index (χ1n) is 8.77. The second-order valence-corrected chi connectivity index (χ2v) is 8.17. The quantitative estimate of drug-likeness (QED) is 0.684. The lowest BCUT2D eigenvalue weighted by Crippen LogP contribution is -2.20. The first-order valence-corrected chi connectivity index (χ1v) is 9.97. The number of aromatic nitrogens is 2. The zero-order valence-corrected chi connectivity index (χ0v) is 16.9. The molecule has 0 amide bonds. The Morgan fingerprint density at radius 2 is 2.19 bits per heavy atom. The predicted octanol–water partition coefficient (Wildman–Crippen LogP) is 4.78. The third-order valence-electron chi connectivity index (χ3n) is 4.87. The van der Waals surface area contributed by atoms with E-state index in [1.165, 1.54) is 0 Å². The Bertz CT molecular complexity index is 1160. The van der Waals surface area contributed by atoms with Gasteiger partial charge in [0, 0.05) is 11.4 Å². The molecule has 1 N–H and O–H groups in total. The third-order valence-corrected chi connectivity index (χ3v) is 6.26. The number of aryl methyl sites for hydroxylation is 2. The molecule has 0 bridgehead atoms. The summed E-state index contributed by atoms with van der Waals surface area (Å²) in [5.74, 6) is 0.990. The number of phenols is 1. The highest BCUT2D eigenvalue weighted by Crippen LogP contribution is 2.37. The largest absolute Gasteiger partial charge is 0.503 e. The number of phenolic OH excluding ortho intramolecular Hbond substituents is 1. The van der Waals surface area contributed by atoms with Gasteiger partial charge in [-0.25, -0.2) is 4.98 Å². The summed E-state index contributed by atoms with van der Waals surface area (Å²) in [6.45, 7) is 6.88. The van der Waals surface area contributed by atoms with E-state index in [4.69, 9.17) is 21.3 Å². The van der Waals surface area contributed by atoms with E-state index in [2.05, 4.69) is 0 Å². The fourth-order valence-corrected chi connectivity index (χ4v) is 4.64. The van der Waals surface area contributed by atoms with Crippen molar-refractivity contribution >= 4 is 44.8 Å². The fourth-order valence-electron chi connectivity index (χ4n) is 3.40. The molecule has 0 fully saturated rings. The van der Waals surface area contributed by atoms with Gasteiger partial charge in [0.2, 0.25) is 0 Å². The Morgan fingerprint density at radius 1 is 1.41 bits per heavy atom. The molecule has 0 spiro atoms. The summed E-state index contributed by atoms with van der Waals surface area (Å²) >= 11 is 7.69. The average Bonchev–Trinajstić information content (AvgIpc) is 3.14. The maximum atomic E-state index is 12.9. The van der Waals surface area contributed by atoms with Crippen molar-refractivity contribution in [2.24, 2.45) is 0 Å². The highest BCUT2D eigenvalue weighted by Gasteiger charge is 2.23. The highest BCUT2D eigenvalue weighted by atomic mass is 35.5. The molecule has 1 aliphatic heterocycles. The van der Waals surface area contributed by atoms with Crippen LogP contribution in [0.1, 0.15) is 35.2 Å². The molecule has 1 aliphatic rings. The number of nitrogens with zero attached hydrogens (tertiary/aromatic N) is 2. The van der Waals surface area contributed by atoms with Crippen LogP contribution in [0, 0.1) is 13.8 Å². The van der Waals surface area contributed by atoms with E-state index in [-0.39, 0.29) is 16.3 Å². The van der Waals surface area contributed by atoms with Crippen LogP contribution < -0.4 is 10.3 Å². The lowest BCUT2D eigenvalue weighted by Gasteiger charge is -2.09. The van der Waals surface area contributed by atoms with Crippen molar-refractivity contribution in [1.82, 2.24) is 9.55 Å². The van der Waals surface area contributed by atoms with Gasteiger partial charge in [0.1, 0.15) is 10.7 Å².